The third kappa shape index (κ3) is 36.9. The van der Waals surface area contributed by atoms with Crippen molar-refractivity contribution in [2.24, 2.45) is 0 Å². The molecule has 0 heterocycles. The largest absolute Gasteiger partial charge is 0.480 e. The van der Waals surface area contributed by atoms with E-state index in [1.54, 1.807) is 0 Å². The van der Waals surface area contributed by atoms with Crippen molar-refractivity contribution in [2.75, 3.05) is 19.8 Å². The minimum atomic E-state index is -4.75. The van der Waals surface area contributed by atoms with Crippen molar-refractivity contribution < 1.29 is 47.8 Å². The number of carboxylic acids is 1. The Labute approximate surface area is 322 Å². The predicted molar refractivity (Wildman–Crippen MR) is 213 cm³/mol. The molecule has 11 nitrogen and oxygen atoms in total. The maximum Gasteiger partial charge on any atom is 0.472 e. The normalized spacial score (nSPS) is 13.9. The Morgan fingerprint density at radius 3 is 1.43 bits per heavy atom. The summed E-state index contributed by atoms with van der Waals surface area (Å²) in [6, 6.07) is -1.54. The number of rotatable bonds is 40. The van der Waals surface area contributed by atoms with Gasteiger partial charge in [0.1, 0.15) is 12.7 Å². The van der Waals surface area contributed by atoms with Crippen molar-refractivity contribution in [1.82, 2.24) is 5.32 Å². The summed E-state index contributed by atoms with van der Waals surface area (Å²) in [5.41, 5.74) is 0. The molecule has 0 rings (SSSR count). The summed E-state index contributed by atoms with van der Waals surface area (Å²) in [5.74, 6) is -2.37. The number of amides is 1. The highest BCUT2D eigenvalue weighted by Crippen LogP contribution is 2.43. The van der Waals surface area contributed by atoms with E-state index in [1.165, 1.54) is 109 Å². The fourth-order valence-corrected chi connectivity index (χ4v) is 6.73. The molecule has 3 atom stereocenters. The van der Waals surface area contributed by atoms with Gasteiger partial charge in [0.25, 0.3) is 0 Å². The minimum absolute atomic E-state index is 0.144. The molecule has 0 saturated carbocycles. The Morgan fingerprint density at radius 2 is 0.981 bits per heavy atom. The Bertz CT molecular complexity index is 963. The van der Waals surface area contributed by atoms with E-state index in [9.17, 15) is 34.1 Å². The highest BCUT2D eigenvalue weighted by atomic mass is 31.2. The number of nitrogens with one attached hydrogen (secondary N) is 1. The van der Waals surface area contributed by atoms with Crippen LogP contribution >= 0.6 is 7.82 Å². The van der Waals surface area contributed by atoms with E-state index in [2.05, 4.69) is 31.3 Å². The summed E-state index contributed by atoms with van der Waals surface area (Å²) >= 11 is 0. The van der Waals surface area contributed by atoms with E-state index in [0.717, 1.165) is 51.4 Å². The number of carbonyl (C=O) groups excluding carboxylic acids is 2. The van der Waals surface area contributed by atoms with Crippen LogP contribution in [0.1, 0.15) is 200 Å². The Kier molecular flexibility index (Phi) is 35.9. The molecule has 0 aliphatic rings. The van der Waals surface area contributed by atoms with E-state index in [1.807, 2.05) is 0 Å². The summed E-state index contributed by atoms with van der Waals surface area (Å²) in [6.45, 7) is 2.59. The molecule has 53 heavy (non-hydrogen) atoms. The Balaban J connectivity index is 3.91. The van der Waals surface area contributed by atoms with Crippen molar-refractivity contribution in [2.45, 2.75) is 212 Å². The molecule has 12 heteroatoms. The van der Waals surface area contributed by atoms with Crippen molar-refractivity contribution in [3.63, 3.8) is 0 Å². The quantitative estimate of drug-likeness (QED) is 0.0203. The first kappa shape index (κ1) is 51.2. The third-order valence-electron chi connectivity index (χ3n) is 9.30. The van der Waals surface area contributed by atoms with Gasteiger partial charge in [-0.2, -0.15) is 0 Å². The predicted octanol–water partition coefficient (Wildman–Crippen LogP) is 10.5. The van der Waals surface area contributed by atoms with Crippen molar-refractivity contribution in [3.8, 4) is 0 Å². The molecule has 4 N–H and O–H groups in total. The number of phosphoric acid groups is 1. The van der Waals surface area contributed by atoms with E-state index in [-0.39, 0.29) is 12.8 Å². The molecular weight excluding hydrogens is 697 g/mol. The van der Waals surface area contributed by atoms with Gasteiger partial charge in [-0.15, -0.1) is 0 Å². The molecule has 0 saturated heterocycles. The number of esters is 1. The van der Waals surface area contributed by atoms with Gasteiger partial charge in [0.2, 0.25) is 5.91 Å². The zero-order chi connectivity index (χ0) is 39.3. The number of unbranched alkanes of at least 4 members (excludes halogenated alkanes) is 24. The van der Waals surface area contributed by atoms with Gasteiger partial charge in [-0.3, -0.25) is 18.6 Å². The molecule has 0 fully saturated rings. The number of ether oxygens (including phenoxy) is 1. The first-order chi connectivity index (χ1) is 25.6. The van der Waals surface area contributed by atoms with E-state index < -0.39 is 57.6 Å². The molecule has 312 valence electrons. The van der Waals surface area contributed by atoms with Crippen LogP contribution in [0.15, 0.2) is 12.2 Å². The van der Waals surface area contributed by atoms with Crippen molar-refractivity contribution in [1.29, 1.82) is 0 Å². The molecule has 1 amide bonds. The molecule has 0 aliphatic carbocycles. The van der Waals surface area contributed by atoms with Crippen LogP contribution in [0, 0.1) is 0 Å². The number of allylic oxidation sites excluding steroid dienone is 2. The number of carbonyl (C=O) groups is 3. The lowest BCUT2D eigenvalue weighted by Crippen LogP contribution is -2.43. The number of carboxylic acid groups (broad SMARTS) is 1. The molecule has 0 aliphatic heterocycles. The molecular formula is C41H78NO10P. The fraction of sp³-hybridized carbons (Fsp3) is 0.878. The van der Waals surface area contributed by atoms with Gasteiger partial charge in [0, 0.05) is 12.8 Å². The van der Waals surface area contributed by atoms with Crippen LogP contribution < -0.4 is 5.32 Å². The average molecular weight is 776 g/mol. The number of hydrogen-bond donors (Lipinski definition) is 4. The summed E-state index contributed by atoms with van der Waals surface area (Å²) in [4.78, 5) is 45.8. The van der Waals surface area contributed by atoms with Gasteiger partial charge in [-0.1, -0.05) is 161 Å². The number of hydrogen-bond acceptors (Lipinski definition) is 8. The van der Waals surface area contributed by atoms with Crippen LogP contribution in [0.2, 0.25) is 0 Å². The van der Waals surface area contributed by atoms with Crippen molar-refractivity contribution >= 4 is 25.7 Å². The maximum absolute atomic E-state index is 12.3. The molecule has 0 aromatic rings. The fourth-order valence-electron chi connectivity index (χ4n) is 5.96. The minimum Gasteiger partial charge on any atom is -0.480 e. The monoisotopic (exact) mass is 776 g/mol. The Morgan fingerprint density at radius 1 is 0.585 bits per heavy atom. The molecule has 0 aromatic carbocycles. The standard InChI is InChI=1S/C41H78NO10P/c1-3-5-7-9-11-13-15-17-18-19-20-21-22-24-26-28-30-32-39(44)42-38(41(46)47)36-52-53(48,49)51-35-37(43)34-50-40(45)33-31-29-27-25-23-16-14-12-10-8-6-4-2/h17-18,37-38,43H,3-16,19-36H2,1-2H3,(H,42,44)(H,46,47)(H,48,49)/b18-17-. The lowest BCUT2D eigenvalue weighted by atomic mass is 10.0. The SMILES string of the molecule is CCCCCCCC/C=C\CCCCCCCCCC(=O)NC(COP(=O)(O)OCC(O)COC(=O)CCCCCCCCCCCCCC)C(=O)O. The lowest BCUT2D eigenvalue weighted by molar-refractivity contribution is -0.147. The summed E-state index contributed by atoms with van der Waals surface area (Å²) < 4.78 is 26.8. The Hall–Kier alpha value is -1.78. The van der Waals surface area contributed by atoms with Gasteiger partial charge >= 0.3 is 19.8 Å². The second-order valence-corrected chi connectivity index (χ2v) is 16.0. The second-order valence-electron chi connectivity index (χ2n) is 14.5. The molecule has 0 bridgehead atoms. The number of aliphatic hydroxyl groups excluding tert-OH is 1. The highest BCUT2D eigenvalue weighted by Gasteiger charge is 2.28. The van der Waals surface area contributed by atoms with Gasteiger partial charge in [-0.25, -0.2) is 9.36 Å². The first-order valence-corrected chi connectivity index (χ1v) is 22.7. The highest BCUT2D eigenvalue weighted by molar-refractivity contribution is 7.47. The van der Waals surface area contributed by atoms with Crippen LogP contribution in [0.4, 0.5) is 0 Å². The topological polar surface area (TPSA) is 169 Å². The zero-order valence-corrected chi connectivity index (χ0v) is 34.5. The van der Waals surface area contributed by atoms with E-state index >= 15 is 0 Å². The average Bonchev–Trinajstić information content (AvgIpc) is 3.13. The van der Waals surface area contributed by atoms with Crippen LogP contribution in [-0.4, -0.2) is 64.9 Å². The summed E-state index contributed by atoms with van der Waals surface area (Å²) in [5, 5.41) is 21.8. The number of aliphatic carboxylic acids is 1. The van der Waals surface area contributed by atoms with Crippen molar-refractivity contribution in [3.05, 3.63) is 12.2 Å². The zero-order valence-electron chi connectivity index (χ0n) is 33.6. The first-order valence-electron chi connectivity index (χ1n) is 21.2. The summed E-state index contributed by atoms with van der Waals surface area (Å²) in [6.07, 6.45) is 35.2. The molecule has 0 aromatic heterocycles. The van der Waals surface area contributed by atoms with Gasteiger partial charge < -0.3 is 25.2 Å². The number of phosphoric ester groups is 1. The van der Waals surface area contributed by atoms with Gasteiger partial charge in [-0.05, 0) is 38.5 Å². The van der Waals surface area contributed by atoms with Crippen LogP contribution in [0.3, 0.4) is 0 Å². The molecule has 0 spiro atoms. The van der Waals surface area contributed by atoms with Crippen LogP contribution in [0.25, 0.3) is 0 Å². The molecule has 0 radical (unpaired) electrons. The number of aliphatic hydroxyl groups is 1. The van der Waals surface area contributed by atoms with Gasteiger partial charge in [0.05, 0.1) is 13.2 Å². The van der Waals surface area contributed by atoms with Crippen LogP contribution in [0.5, 0.6) is 0 Å². The van der Waals surface area contributed by atoms with Crippen LogP contribution in [-0.2, 0) is 32.7 Å². The van der Waals surface area contributed by atoms with E-state index in [0.29, 0.717) is 12.8 Å². The maximum atomic E-state index is 12.3. The van der Waals surface area contributed by atoms with Gasteiger partial charge in [0.15, 0.2) is 6.04 Å². The van der Waals surface area contributed by atoms with E-state index in [4.69, 9.17) is 13.8 Å². The molecule has 3 unspecified atom stereocenters. The summed E-state index contributed by atoms with van der Waals surface area (Å²) in [7, 11) is -4.75. The smallest absolute Gasteiger partial charge is 0.472 e. The second kappa shape index (κ2) is 37.2. The third-order valence-corrected chi connectivity index (χ3v) is 10.3. The lowest BCUT2D eigenvalue weighted by Gasteiger charge is -2.18.